The van der Waals surface area contributed by atoms with Crippen LogP contribution in [0.3, 0.4) is 0 Å². The normalized spacial score (nSPS) is 32.0. The third kappa shape index (κ3) is 1.93. The van der Waals surface area contributed by atoms with Gasteiger partial charge in [-0.15, -0.1) is 0 Å². The van der Waals surface area contributed by atoms with Crippen molar-refractivity contribution in [3.8, 4) is 0 Å². The fourth-order valence-electron chi connectivity index (χ4n) is 0.810. The smallest absolute Gasteiger partial charge is 0.0957 e. The van der Waals surface area contributed by atoms with Crippen molar-refractivity contribution in [1.29, 1.82) is 0 Å². The number of hydrogen-bond acceptors (Lipinski definition) is 3. The molecule has 9 heavy (non-hydrogen) atoms. The monoisotopic (exact) mass is 131 g/mol. The van der Waals surface area contributed by atoms with Gasteiger partial charge in [-0.05, 0) is 6.92 Å². The topological polar surface area (TPSA) is 44.5 Å². The predicted molar refractivity (Wildman–Crippen MR) is 34.2 cm³/mol. The third-order valence-electron chi connectivity index (χ3n) is 1.43. The van der Waals surface area contributed by atoms with Crippen LogP contribution in [0.25, 0.3) is 0 Å². The molecular weight excluding hydrogens is 118 g/mol. The quantitative estimate of drug-likeness (QED) is 0.533. The Morgan fingerprint density at radius 2 is 2.33 bits per heavy atom. The van der Waals surface area contributed by atoms with Crippen molar-refractivity contribution < 1.29 is 9.47 Å². The zero-order valence-corrected chi connectivity index (χ0v) is 5.67. The van der Waals surface area contributed by atoms with Crippen molar-refractivity contribution in [2.45, 2.75) is 19.1 Å². The summed E-state index contributed by atoms with van der Waals surface area (Å²) in [5, 5.41) is 0. The van der Waals surface area contributed by atoms with E-state index in [0.29, 0.717) is 19.8 Å². The molecule has 54 valence electrons. The molecule has 1 saturated heterocycles. The molecule has 1 aliphatic rings. The molecule has 3 heteroatoms. The molecule has 0 aromatic heterocycles. The van der Waals surface area contributed by atoms with Gasteiger partial charge in [0.2, 0.25) is 0 Å². The maximum atomic E-state index is 5.56. The van der Waals surface area contributed by atoms with Crippen molar-refractivity contribution >= 4 is 0 Å². The van der Waals surface area contributed by atoms with Gasteiger partial charge in [-0.3, -0.25) is 0 Å². The summed E-state index contributed by atoms with van der Waals surface area (Å²) in [5.74, 6) is 0. The zero-order valence-electron chi connectivity index (χ0n) is 5.67. The standard InChI is InChI=1S/C6H13NO2/c1-5(7)6-4-8-2-3-9-6/h5-6H,2-4,7H2,1H3. The lowest BCUT2D eigenvalue weighted by Crippen LogP contribution is -2.41. The SMILES string of the molecule is CC(N)C1COCCO1. The number of hydrogen-bond donors (Lipinski definition) is 1. The first-order chi connectivity index (χ1) is 4.30. The molecule has 0 radical (unpaired) electrons. The molecule has 0 bridgehead atoms. The Bertz CT molecular complexity index is 79.1. The average molecular weight is 131 g/mol. The van der Waals surface area contributed by atoms with Gasteiger partial charge < -0.3 is 15.2 Å². The van der Waals surface area contributed by atoms with Crippen molar-refractivity contribution in [3.63, 3.8) is 0 Å². The lowest BCUT2D eigenvalue weighted by molar-refractivity contribution is -0.0948. The van der Waals surface area contributed by atoms with Gasteiger partial charge in [-0.2, -0.15) is 0 Å². The van der Waals surface area contributed by atoms with E-state index in [4.69, 9.17) is 15.2 Å². The summed E-state index contributed by atoms with van der Waals surface area (Å²) in [6, 6.07) is 0.0882. The lowest BCUT2D eigenvalue weighted by Gasteiger charge is -2.25. The summed E-state index contributed by atoms with van der Waals surface area (Å²) in [7, 11) is 0. The summed E-state index contributed by atoms with van der Waals surface area (Å²) < 4.78 is 10.4. The highest BCUT2D eigenvalue weighted by molar-refractivity contribution is 4.69. The van der Waals surface area contributed by atoms with Crippen LogP contribution < -0.4 is 5.73 Å². The van der Waals surface area contributed by atoms with Crippen LogP contribution in [-0.2, 0) is 9.47 Å². The fourth-order valence-corrected chi connectivity index (χ4v) is 0.810. The van der Waals surface area contributed by atoms with Gasteiger partial charge in [0.15, 0.2) is 0 Å². The fraction of sp³-hybridized carbons (Fsp3) is 1.00. The number of nitrogens with two attached hydrogens (primary N) is 1. The Morgan fingerprint density at radius 1 is 1.56 bits per heavy atom. The second kappa shape index (κ2) is 3.15. The first-order valence-electron chi connectivity index (χ1n) is 3.25. The molecule has 1 heterocycles. The highest BCUT2D eigenvalue weighted by Crippen LogP contribution is 2.02. The van der Waals surface area contributed by atoms with E-state index in [1.807, 2.05) is 6.92 Å². The second-order valence-electron chi connectivity index (χ2n) is 2.34. The van der Waals surface area contributed by atoms with Gasteiger partial charge >= 0.3 is 0 Å². The Labute approximate surface area is 55.1 Å². The summed E-state index contributed by atoms with van der Waals surface area (Å²) in [6.07, 6.45) is 0.110. The Kier molecular flexibility index (Phi) is 2.45. The van der Waals surface area contributed by atoms with Gasteiger partial charge in [-0.1, -0.05) is 0 Å². The van der Waals surface area contributed by atoms with Crippen molar-refractivity contribution in [1.82, 2.24) is 0 Å². The van der Waals surface area contributed by atoms with Crippen LogP contribution in [0.5, 0.6) is 0 Å². The van der Waals surface area contributed by atoms with Crippen LogP contribution in [0.4, 0.5) is 0 Å². The summed E-state index contributed by atoms with van der Waals surface area (Å²) in [5.41, 5.74) is 5.56. The molecule has 0 aromatic rings. The van der Waals surface area contributed by atoms with Crippen molar-refractivity contribution in [3.05, 3.63) is 0 Å². The van der Waals surface area contributed by atoms with E-state index in [-0.39, 0.29) is 12.1 Å². The van der Waals surface area contributed by atoms with Crippen LogP contribution in [-0.4, -0.2) is 32.0 Å². The molecule has 2 N–H and O–H groups in total. The van der Waals surface area contributed by atoms with Crippen LogP contribution in [0, 0.1) is 0 Å². The highest BCUT2D eigenvalue weighted by atomic mass is 16.6. The molecule has 2 unspecified atom stereocenters. The molecule has 1 rings (SSSR count). The van der Waals surface area contributed by atoms with E-state index in [1.54, 1.807) is 0 Å². The number of ether oxygens (including phenoxy) is 2. The maximum absolute atomic E-state index is 5.56. The number of rotatable bonds is 1. The molecule has 0 aromatic carbocycles. The largest absolute Gasteiger partial charge is 0.376 e. The van der Waals surface area contributed by atoms with E-state index >= 15 is 0 Å². The van der Waals surface area contributed by atoms with Crippen molar-refractivity contribution in [2.24, 2.45) is 5.73 Å². The van der Waals surface area contributed by atoms with E-state index < -0.39 is 0 Å². The Morgan fingerprint density at radius 3 is 2.67 bits per heavy atom. The molecule has 0 aliphatic carbocycles. The molecule has 2 atom stereocenters. The summed E-state index contributed by atoms with van der Waals surface area (Å²) in [4.78, 5) is 0. The van der Waals surface area contributed by atoms with Gasteiger partial charge in [0.1, 0.15) is 0 Å². The molecule has 0 saturated carbocycles. The molecular formula is C6H13NO2. The zero-order chi connectivity index (χ0) is 6.69. The second-order valence-corrected chi connectivity index (χ2v) is 2.34. The molecule has 3 nitrogen and oxygen atoms in total. The van der Waals surface area contributed by atoms with Crippen LogP contribution in [0.2, 0.25) is 0 Å². The predicted octanol–water partition coefficient (Wildman–Crippen LogP) is -0.251. The third-order valence-corrected chi connectivity index (χ3v) is 1.43. The van der Waals surface area contributed by atoms with Crippen LogP contribution in [0.1, 0.15) is 6.92 Å². The Balaban J connectivity index is 2.23. The molecule has 1 aliphatic heterocycles. The summed E-state index contributed by atoms with van der Waals surface area (Å²) in [6.45, 7) is 3.98. The van der Waals surface area contributed by atoms with E-state index in [1.165, 1.54) is 0 Å². The first kappa shape index (κ1) is 6.99. The van der Waals surface area contributed by atoms with Gasteiger partial charge in [-0.25, -0.2) is 0 Å². The van der Waals surface area contributed by atoms with Crippen LogP contribution >= 0.6 is 0 Å². The van der Waals surface area contributed by atoms with Crippen LogP contribution in [0.15, 0.2) is 0 Å². The van der Waals surface area contributed by atoms with Crippen molar-refractivity contribution in [2.75, 3.05) is 19.8 Å². The lowest BCUT2D eigenvalue weighted by atomic mass is 10.2. The van der Waals surface area contributed by atoms with Gasteiger partial charge in [0, 0.05) is 6.04 Å². The minimum absolute atomic E-state index is 0.0882. The van der Waals surface area contributed by atoms with Gasteiger partial charge in [0.05, 0.1) is 25.9 Å². The molecule has 0 amide bonds. The van der Waals surface area contributed by atoms with E-state index in [9.17, 15) is 0 Å². The van der Waals surface area contributed by atoms with E-state index in [0.717, 1.165) is 0 Å². The Hall–Kier alpha value is -0.120. The first-order valence-corrected chi connectivity index (χ1v) is 3.25. The van der Waals surface area contributed by atoms with Gasteiger partial charge in [0.25, 0.3) is 0 Å². The van der Waals surface area contributed by atoms with E-state index in [2.05, 4.69) is 0 Å². The maximum Gasteiger partial charge on any atom is 0.0957 e. The molecule has 1 fully saturated rings. The minimum Gasteiger partial charge on any atom is -0.376 e. The minimum atomic E-state index is 0.0882. The summed E-state index contributed by atoms with van der Waals surface area (Å²) >= 11 is 0. The average Bonchev–Trinajstić information content (AvgIpc) is 1.90. The molecule has 0 spiro atoms. The highest BCUT2D eigenvalue weighted by Gasteiger charge is 2.17.